The van der Waals surface area contributed by atoms with Crippen molar-refractivity contribution in [3.05, 3.63) is 85.1 Å². The third-order valence-electron chi connectivity index (χ3n) is 12.1. The lowest BCUT2D eigenvalue weighted by molar-refractivity contribution is -0.167. The summed E-state index contributed by atoms with van der Waals surface area (Å²) >= 11 is 0. The van der Waals surface area contributed by atoms with Crippen molar-refractivity contribution in [1.82, 2.24) is 0 Å². The summed E-state index contributed by atoms with van der Waals surface area (Å²) in [7, 11) is 0. The van der Waals surface area contributed by atoms with Crippen molar-refractivity contribution >= 4 is 17.9 Å². The van der Waals surface area contributed by atoms with Gasteiger partial charge >= 0.3 is 17.9 Å². The van der Waals surface area contributed by atoms with Gasteiger partial charge in [-0.15, -0.1) is 0 Å². The summed E-state index contributed by atoms with van der Waals surface area (Å²) in [6.07, 6.45) is 73.0. The quantitative estimate of drug-likeness (QED) is 0.0262. The molecule has 0 radical (unpaired) electrons. The summed E-state index contributed by atoms with van der Waals surface area (Å²) in [6, 6.07) is 0. The molecule has 1 unspecified atom stereocenters. The van der Waals surface area contributed by atoms with E-state index in [0.29, 0.717) is 19.3 Å². The molecule has 0 amide bonds. The smallest absolute Gasteiger partial charge is 0.306 e. The van der Waals surface area contributed by atoms with Crippen LogP contribution in [0.3, 0.4) is 0 Å². The van der Waals surface area contributed by atoms with E-state index in [1.54, 1.807) is 0 Å². The molecule has 0 aliphatic carbocycles. The zero-order valence-electron chi connectivity index (χ0n) is 44.6. The monoisotopic (exact) mass is 947 g/mol. The molecule has 6 heteroatoms. The van der Waals surface area contributed by atoms with Crippen LogP contribution in [0, 0.1) is 0 Å². The Morgan fingerprint density at radius 3 is 0.971 bits per heavy atom. The van der Waals surface area contributed by atoms with Crippen molar-refractivity contribution < 1.29 is 28.6 Å². The SMILES string of the molecule is CC/C=C\C/C=C\C/C=C\C/C=C\C/C=C\CCCCCCCCCCCCCC(=O)OCC(COC(=O)CCCCCCC/C=C\CCC)OC(=O)CCCCCCC/C=C\CCCCCC. The number of allylic oxidation sites excluding steroid dienone is 14. The number of hydrogen-bond acceptors (Lipinski definition) is 6. The van der Waals surface area contributed by atoms with Gasteiger partial charge in [-0.2, -0.15) is 0 Å². The Morgan fingerprint density at radius 2 is 0.603 bits per heavy atom. The van der Waals surface area contributed by atoms with E-state index in [0.717, 1.165) is 116 Å². The Balaban J connectivity index is 4.21. The molecule has 0 spiro atoms. The molecule has 0 fully saturated rings. The summed E-state index contributed by atoms with van der Waals surface area (Å²) in [4.78, 5) is 38.0. The molecule has 0 saturated heterocycles. The summed E-state index contributed by atoms with van der Waals surface area (Å²) < 4.78 is 16.8. The average molecular weight is 948 g/mol. The summed E-state index contributed by atoms with van der Waals surface area (Å²) in [5.41, 5.74) is 0. The van der Waals surface area contributed by atoms with E-state index in [9.17, 15) is 14.4 Å². The molecule has 0 rings (SSSR count). The van der Waals surface area contributed by atoms with E-state index in [-0.39, 0.29) is 31.1 Å². The van der Waals surface area contributed by atoms with Crippen LogP contribution in [0.25, 0.3) is 0 Å². The number of esters is 3. The number of ether oxygens (including phenoxy) is 3. The van der Waals surface area contributed by atoms with Crippen LogP contribution in [0.4, 0.5) is 0 Å². The molecule has 0 aromatic heterocycles. The summed E-state index contributed by atoms with van der Waals surface area (Å²) in [5, 5.41) is 0. The average Bonchev–Trinajstić information content (AvgIpc) is 3.34. The highest BCUT2D eigenvalue weighted by molar-refractivity contribution is 5.71. The van der Waals surface area contributed by atoms with Crippen LogP contribution < -0.4 is 0 Å². The van der Waals surface area contributed by atoms with Crippen molar-refractivity contribution in [3.8, 4) is 0 Å². The molecule has 0 heterocycles. The van der Waals surface area contributed by atoms with Gasteiger partial charge in [0.05, 0.1) is 0 Å². The fraction of sp³-hybridized carbons (Fsp3) is 0.726. The molecule has 0 aromatic rings. The van der Waals surface area contributed by atoms with Gasteiger partial charge in [0, 0.05) is 19.3 Å². The Morgan fingerprint density at radius 1 is 0.309 bits per heavy atom. The summed E-state index contributed by atoms with van der Waals surface area (Å²) in [5.74, 6) is -0.903. The van der Waals surface area contributed by atoms with Crippen LogP contribution in [0.2, 0.25) is 0 Å². The van der Waals surface area contributed by atoms with Crippen LogP contribution in [-0.4, -0.2) is 37.2 Å². The number of hydrogen-bond donors (Lipinski definition) is 0. The van der Waals surface area contributed by atoms with Crippen LogP contribution in [-0.2, 0) is 28.6 Å². The lowest BCUT2D eigenvalue weighted by atomic mass is 10.0. The van der Waals surface area contributed by atoms with Gasteiger partial charge in [-0.25, -0.2) is 0 Å². The molecule has 6 nitrogen and oxygen atoms in total. The Bertz CT molecular complexity index is 1320. The molecule has 0 saturated carbocycles. The topological polar surface area (TPSA) is 78.9 Å². The third-order valence-corrected chi connectivity index (χ3v) is 12.1. The zero-order valence-corrected chi connectivity index (χ0v) is 44.6. The first-order chi connectivity index (χ1) is 33.5. The Kier molecular flexibility index (Phi) is 53.4. The highest BCUT2D eigenvalue weighted by Gasteiger charge is 2.19. The van der Waals surface area contributed by atoms with Gasteiger partial charge in [-0.3, -0.25) is 14.4 Å². The molecule has 390 valence electrons. The standard InChI is InChI=1S/C62H106O6/c1-4-7-10-13-16-19-22-24-25-26-27-28-29-30-31-32-33-34-35-36-37-39-40-43-46-49-52-55-61(64)67-58-59(57-66-60(63)54-51-48-45-42-21-18-15-12-9-6-3)68-62(65)56-53-50-47-44-41-38-23-20-17-14-11-8-5-2/h7,10,12,15-16,19-20,23-25,27-28,30-31,59H,4-6,8-9,11,13-14,17-18,21-22,26,29,32-58H2,1-3H3/b10-7-,15-12-,19-16-,23-20-,25-24-,28-27-,31-30-. The van der Waals surface area contributed by atoms with Crippen molar-refractivity contribution in [1.29, 1.82) is 0 Å². The maximum atomic E-state index is 12.8. The van der Waals surface area contributed by atoms with Crippen LogP contribution >= 0.6 is 0 Å². The van der Waals surface area contributed by atoms with Gasteiger partial charge in [0.2, 0.25) is 0 Å². The van der Waals surface area contributed by atoms with Gasteiger partial charge in [0.25, 0.3) is 0 Å². The molecular weight excluding hydrogens is 841 g/mol. The first-order valence-electron chi connectivity index (χ1n) is 28.6. The van der Waals surface area contributed by atoms with E-state index in [1.807, 2.05) is 0 Å². The lowest BCUT2D eigenvalue weighted by Gasteiger charge is -2.18. The predicted octanol–water partition coefficient (Wildman–Crippen LogP) is 19.2. The third kappa shape index (κ3) is 53.5. The van der Waals surface area contributed by atoms with Crippen molar-refractivity contribution in [2.45, 2.75) is 277 Å². The second-order valence-corrected chi connectivity index (χ2v) is 18.8. The first-order valence-corrected chi connectivity index (χ1v) is 28.6. The van der Waals surface area contributed by atoms with E-state index in [4.69, 9.17) is 14.2 Å². The number of unbranched alkanes of at least 4 members (excludes halogenated alkanes) is 26. The minimum atomic E-state index is -0.784. The Hall–Kier alpha value is -3.41. The summed E-state index contributed by atoms with van der Waals surface area (Å²) in [6.45, 7) is 6.44. The molecule has 0 aliphatic rings. The maximum absolute atomic E-state index is 12.8. The van der Waals surface area contributed by atoms with Gasteiger partial charge in [-0.1, -0.05) is 228 Å². The van der Waals surface area contributed by atoms with Crippen LogP contribution in [0.5, 0.6) is 0 Å². The molecule has 0 aliphatic heterocycles. The highest BCUT2D eigenvalue weighted by atomic mass is 16.6. The highest BCUT2D eigenvalue weighted by Crippen LogP contribution is 2.15. The second-order valence-electron chi connectivity index (χ2n) is 18.8. The minimum absolute atomic E-state index is 0.0833. The van der Waals surface area contributed by atoms with Crippen molar-refractivity contribution in [2.75, 3.05) is 13.2 Å². The van der Waals surface area contributed by atoms with Crippen molar-refractivity contribution in [3.63, 3.8) is 0 Å². The zero-order chi connectivity index (χ0) is 49.3. The fourth-order valence-corrected chi connectivity index (χ4v) is 7.82. The second kappa shape index (κ2) is 56.2. The maximum Gasteiger partial charge on any atom is 0.306 e. The van der Waals surface area contributed by atoms with E-state index in [1.165, 1.54) is 116 Å². The van der Waals surface area contributed by atoms with Gasteiger partial charge in [-0.05, 0) is 109 Å². The lowest BCUT2D eigenvalue weighted by Crippen LogP contribution is -2.30. The number of carbonyl (C=O) groups is 3. The fourth-order valence-electron chi connectivity index (χ4n) is 7.82. The normalized spacial score (nSPS) is 12.7. The molecule has 1 atom stereocenters. The van der Waals surface area contributed by atoms with E-state index in [2.05, 4.69) is 106 Å². The molecule has 0 aromatic carbocycles. The first kappa shape index (κ1) is 64.6. The van der Waals surface area contributed by atoms with Gasteiger partial charge in [0.1, 0.15) is 13.2 Å². The van der Waals surface area contributed by atoms with E-state index >= 15 is 0 Å². The van der Waals surface area contributed by atoms with E-state index < -0.39 is 6.10 Å². The van der Waals surface area contributed by atoms with Gasteiger partial charge < -0.3 is 14.2 Å². The largest absolute Gasteiger partial charge is 0.462 e. The molecular formula is C62H106O6. The van der Waals surface area contributed by atoms with Crippen LogP contribution in [0.1, 0.15) is 271 Å². The predicted molar refractivity (Wildman–Crippen MR) is 293 cm³/mol. The molecule has 0 bridgehead atoms. The van der Waals surface area contributed by atoms with Crippen molar-refractivity contribution in [2.24, 2.45) is 0 Å². The van der Waals surface area contributed by atoms with Crippen LogP contribution in [0.15, 0.2) is 85.1 Å². The van der Waals surface area contributed by atoms with Gasteiger partial charge in [0.15, 0.2) is 6.10 Å². The Labute approximate surface area is 420 Å². The molecule has 0 N–H and O–H groups in total. The molecule has 68 heavy (non-hydrogen) atoms. The minimum Gasteiger partial charge on any atom is -0.462 e. The number of rotatable bonds is 51. The number of carbonyl (C=O) groups excluding carboxylic acids is 3.